The second-order valence-electron chi connectivity index (χ2n) is 12.0. The summed E-state index contributed by atoms with van der Waals surface area (Å²) in [5.41, 5.74) is -3.19. The van der Waals surface area contributed by atoms with Gasteiger partial charge in [0, 0.05) is 48.5 Å². The molecule has 4 N–H and O–H groups in total. The van der Waals surface area contributed by atoms with Gasteiger partial charge in [0.25, 0.3) is 0 Å². The van der Waals surface area contributed by atoms with Crippen molar-refractivity contribution < 1.29 is 53.8 Å². The number of hydrogen-bond donors (Lipinski definition) is 4. The van der Waals surface area contributed by atoms with Gasteiger partial charge in [-0.25, -0.2) is 0 Å². The van der Waals surface area contributed by atoms with E-state index in [4.69, 9.17) is 18.9 Å². The quantitative estimate of drug-likeness (QED) is 0.298. The molecule has 0 bridgehead atoms. The van der Waals surface area contributed by atoms with Crippen molar-refractivity contribution in [2.45, 2.75) is 75.4 Å². The van der Waals surface area contributed by atoms with Crippen LogP contribution in [0.25, 0.3) is 0 Å². The minimum absolute atomic E-state index is 0.0279. The van der Waals surface area contributed by atoms with Gasteiger partial charge in [0.15, 0.2) is 17.9 Å². The lowest BCUT2D eigenvalue weighted by molar-refractivity contribution is -0.262. The van der Waals surface area contributed by atoms with Crippen LogP contribution in [0.5, 0.6) is 17.2 Å². The summed E-state index contributed by atoms with van der Waals surface area (Å²) in [6, 6.07) is 5.44. The molecule has 6 rings (SSSR count). The molecule has 7 unspecified atom stereocenters. The number of hydrogen-bond acceptors (Lipinski definition) is 13. The number of morpholine rings is 1. The van der Waals surface area contributed by atoms with Gasteiger partial charge in [0.05, 0.1) is 61.4 Å². The van der Waals surface area contributed by atoms with E-state index < -0.39 is 88.7 Å². The van der Waals surface area contributed by atoms with Crippen LogP contribution < -0.4 is 4.74 Å². The number of carbonyl (C=O) groups excluding carboxylic acids is 3. The molecule has 2 heterocycles. The van der Waals surface area contributed by atoms with Crippen molar-refractivity contribution in [1.29, 1.82) is 5.26 Å². The Morgan fingerprint density at radius 2 is 1.89 bits per heavy atom. The van der Waals surface area contributed by atoms with Gasteiger partial charge >= 0.3 is 0 Å². The molecule has 4 aliphatic rings. The number of Topliss-reactive ketones (excluding diaryl/α,β-unsaturated/α-hetero) is 1. The van der Waals surface area contributed by atoms with Crippen LogP contribution in [-0.2, 0) is 25.4 Å². The summed E-state index contributed by atoms with van der Waals surface area (Å²) in [7, 11) is 1.34. The Bertz CT molecular complexity index is 1630. The van der Waals surface area contributed by atoms with Crippen molar-refractivity contribution in [1.82, 2.24) is 4.90 Å². The Kier molecular flexibility index (Phi) is 7.93. The third kappa shape index (κ3) is 4.89. The van der Waals surface area contributed by atoms with Crippen LogP contribution in [0.1, 0.15) is 75.8 Å². The van der Waals surface area contributed by atoms with Crippen molar-refractivity contribution in [2.24, 2.45) is 0 Å². The number of phenolic OH excluding ortho intramolecular Hbond substituents is 2. The molecule has 2 saturated heterocycles. The average molecular weight is 623 g/mol. The Balaban J connectivity index is 1.44. The van der Waals surface area contributed by atoms with Crippen LogP contribution in [0.15, 0.2) is 18.2 Å². The van der Waals surface area contributed by atoms with Crippen molar-refractivity contribution in [2.75, 3.05) is 26.9 Å². The van der Waals surface area contributed by atoms with E-state index in [-0.39, 0.29) is 47.5 Å². The van der Waals surface area contributed by atoms with E-state index in [2.05, 4.69) is 6.07 Å². The van der Waals surface area contributed by atoms with E-state index in [1.165, 1.54) is 32.2 Å². The highest BCUT2D eigenvalue weighted by Crippen LogP contribution is 2.52. The number of nitriles is 1. The van der Waals surface area contributed by atoms with Gasteiger partial charge in [-0.05, 0) is 19.9 Å². The van der Waals surface area contributed by atoms with Crippen molar-refractivity contribution in [3.05, 3.63) is 51.6 Å². The number of aromatic hydroxyl groups is 2. The molecule has 0 spiro atoms. The number of methoxy groups -OCH3 is 1. The first kappa shape index (κ1) is 31.1. The van der Waals surface area contributed by atoms with Gasteiger partial charge in [0.2, 0.25) is 5.78 Å². The van der Waals surface area contributed by atoms with Crippen LogP contribution in [0, 0.1) is 11.3 Å². The van der Waals surface area contributed by atoms with E-state index in [0.717, 1.165) is 0 Å². The molecule has 0 amide bonds. The number of nitrogens with zero attached hydrogens (tertiary/aromatic N) is 2. The van der Waals surface area contributed by atoms with Crippen LogP contribution in [0.2, 0.25) is 0 Å². The molecule has 2 aliphatic carbocycles. The summed E-state index contributed by atoms with van der Waals surface area (Å²) in [4.78, 5) is 42.1. The second-order valence-corrected chi connectivity index (χ2v) is 12.0. The summed E-state index contributed by atoms with van der Waals surface area (Å²) < 4.78 is 23.1. The van der Waals surface area contributed by atoms with E-state index in [1.54, 1.807) is 6.92 Å². The number of phenols is 2. The molecule has 45 heavy (non-hydrogen) atoms. The molecule has 7 atom stereocenters. The van der Waals surface area contributed by atoms with Gasteiger partial charge in [-0.15, -0.1) is 0 Å². The molecule has 13 heteroatoms. The predicted molar refractivity (Wildman–Crippen MR) is 153 cm³/mol. The zero-order valence-corrected chi connectivity index (χ0v) is 25.0. The molecular formula is C32H34N2O11. The Morgan fingerprint density at radius 3 is 2.58 bits per heavy atom. The largest absolute Gasteiger partial charge is 0.507 e. The third-order valence-electron chi connectivity index (χ3n) is 9.47. The normalized spacial score (nSPS) is 31.4. The maximum atomic E-state index is 13.8. The first-order chi connectivity index (χ1) is 21.4. The SMILES string of the molecule is COc1cccc2c1C(=O)c1c(O)c3c(c(O)c1C2=O)CC(O)(C(C)=O)CC3OC1CC(N2CCOCC2C#N)C(O)C(C)O1. The maximum Gasteiger partial charge on any atom is 0.202 e. The summed E-state index contributed by atoms with van der Waals surface area (Å²) in [5.74, 6) is -3.27. The predicted octanol–water partition coefficient (Wildman–Crippen LogP) is 1.29. The van der Waals surface area contributed by atoms with Crippen molar-refractivity contribution in [3.8, 4) is 23.3 Å². The lowest BCUT2D eigenvalue weighted by atomic mass is 9.72. The Morgan fingerprint density at radius 1 is 1.16 bits per heavy atom. The summed E-state index contributed by atoms with van der Waals surface area (Å²) in [6.45, 7) is 3.74. The maximum absolute atomic E-state index is 13.8. The number of ether oxygens (including phenoxy) is 4. The number of rotatable bonds is 5. The molecule has 0 aromatic heterocycles. The monoisotopic (exact) mass is 622 g/mol. The fourth-order valence-electron chi connectivity index (χ4n) is 7.06. The fourth-order valence-corrected chi connectivity index (χ4v) is 7.06. The number of benzene rings is 2. The lowest BCUT2D eigenvalue weighted by Crippen LogP contribution is -2.60. The van der Waals surface area contributed by atoms with Gasteiger partial charge in [-0.2, -0.15) is 5.26 Å². The molecular weight excluding hydrogens is 588 g/mol. The zero-order chi connectivity index (χ0) is 32.4. The Labute approximate surface area is 258 Å². The van der Waals surface area contributed by atoms with Gasteiger partial charge in [0.1, 0.15) is 28.9 Å². The second kappa shape index (κ2) is 11.5. The highest BCUT2D eigenvalue weighted by atomic mass is 16.7. The Hall–Kier alpha value is -3.90. The lowest BCUT2D eigenvalue weighted by Gasteiger charge is -2.47. The van der Waals surface area contributed by atoms with Crippen LogP contribution in [0.4, 0.5) is 0 Å². The molecule has 2 fully saturated rings. The first-order valence-corrected chi connectivity index (χ1v) is 14.7. The van der Waals surface area contributed by atoms with Crippen molar-refractivity contribution in [3.63, 3.8) is 0 Å². The fraction of sp³-hybridized carbons (Fsp3) is 0.500. The minimum Gasteiger partial charge on any atom is -0.507 e. The molecule has 2 aromatic rings. The van der Waals surface area contributed by atoms with E-state index >= 15 is 0 Å². The molecule has 0 saturated carbocycles. The first-order valence-electron chi connectivity index (χ1n) is 14.7. The zero-order valence-electron chi connectivity index (χ0n) is 25.0. The van der Waals surface area contributed by atoms with Crippen LogP contribution in [-0.4, -0.2) is 106 Å². The molecule has 13 nitrogen and oxygen atoms in total. The third-order valence-corrected chi connectivity index (χ3v) is 9.47. The van der Waals surface area contributed by atoms with Gasteiger partial charge in [-0.1, -0.05) is 12.1 Å². The number of ketones is 3. The average Bonchev–Trinajstić information content (AvgIpc) is 3.02. The number of aliphatic hydroxyl groups excluding tert-OH is 1. The van der Waals surface area contributed by atoms with E-state index in [0.29, 0.717) is 13.2 Å². The summed E-state index contributed by atoms with van der Waals surface area (Å²) in [6.07, 6.45) is -4.80. The number of carbonyl (C=O) groups is 3. The molecule has 2 aliphatic heterocycles. The van der Waals surface area contributed by atoms with Crippen LogP contribution >= 0.6 is 0 Å². The highest BCUT2D eigenvalue weighted by molar-refractivity contribution is 6.31. The van der Waals surface area contributed by atoms with E-state index in [9.17, 15) is 40.1 Å². The molecule has 238 valence electrons. The van der Waals surface area contributed by atoms with Crippen molar-refractivity contribution >= 4 is 17.3 Å². The molecule has 2 aromatic carbocycles. The summed E-state index contributed by atoms with van der Waals surface area (Å²) in [5, 5.41) is 55.4. The van der Waals surface area contributed by atoms with Crippen LogP contribution in [0.3, 0.4) is 0 Å². The highest BCUT2D eigenvalue weighted by Gasteiger charge is 2.50. The summed E-state index contributed by atoms with van der Waals surface area (Å²) >= 11 is 0. The van der Waals surface area contributed by atoms with Gasteiger partial charge in [-0.3, -0.25) is 19.3 Å². The minimum atomic E-state index is -2.05. The topological polar surface area (TPSA) is 196 Å². The standard InChI is InChI=1S/C32H34N2O11/c1-14-27(36)19(34-7-8-43-13-16(34)12-33)9-22(44-14)45-21-11-32(41,15(2)35)10-18-24(21)31(40)26-25(29(18)38)28(37)17-5-4-6-20(42-3)23(17)30(26)39/h4-6,14,16,19,21-22,27,36,38,40-41H,7-11,13H2,1-3H3. The van der Waals surface area contributed by atoms with E-state index in [1.807, 2.05) is 4.90 Å². The number of aliphatic hydroxyl groups is 2. The smallest absolute Gasteiger partial charge is 0.202 e. The van der Waals surface area contributed by atoms with Gasteiger partial charge < -0.3 is 39.4 Å². The molecule has 0 radical (unpaired) electrons. The number of fused-ring (bicyclic) bond motifs is 3.